The largest absolute Gasteiger partial charge is 0.508 e. The van der Waals surface area contributed by atoms with Gasteiger partial charge in [-0.1, -0.05) is 17.7 Å². The van der Waals surface area contributed by atoms with Crippen LogP contribution in [0.5, 0.6) is 5.75 Å². The van der Waals surface area contributed by atoms with Crippen LogP contribution in [0.1, 0.15) is 18.9 Å². The third kappa shape index (κ3) is 6.14. The molecule has 1 saturated heterocycles. The molecule has 0 aromatic heterocycles. The van der Waals surface area contributed by atoms with E-state index in [9.17, 15) is 9.90 Å². The number of rotatable bonds is 6. The molecule has 0 aliphatic carbocycles. The van der Waals surface area contributed by atoms with Crippen molar-refractivity contribution in [2.45, 2.75) is 26.3 Å². The number of anilines is 2. The number of aromatic hydroxyl groups is 1. The molecule has 154 valence electrons. The molecule has 0 radical (unpaired) electrons. The molecule has 1 aliphatic heterocycles. The third-order valence-corrected chi connectivity index (χ3v) is 4.80. The monoisotopic (exact) mass is 395 g/mol. The van der Waals surface area contributed by atoms with E-state index in [2.05, 4.69) is 57.0 Å². The van der Waals surface area contributed by atoms with Crippen molar-refractivity contribution >= 4 is 23.2 Å². The van der Waals surface area contributed by atoms with Crippen LogP contribution in [0.4, 0.5) is 11.4 Å². The number of carbonyl (C=O) groups is 1. The number of amides is 1. The Hall–Kier alpha value is -3.22. The van der Waals surface area contributed by atoms with Gasteiger partial charge < -0.3 is 26.0 Å². The van der Waals surface area contributed by atoms with Gasteiger partial charge in [0.1, 0.15) is 12.3 Å². The first-order valence-electron chi connectivity index (χ1n) is 9.99. The van der Waals surface area contributed by atoms with Crippen LogP contribution >= 0.6 is 0 Å². The van der Waals surface area contributed by atoms with Gasteiger partial charge in [-0.05, 0) is 56.7 Å². The van der Waals surface area contributed by atoms with Crippen molar-refractivity contribution in [1.82, 2.24) is 10.6 Å². The van der Waals surface area contributed by atoms with E-state index >= 15 is 0 Å². The SMILES string of the molecule is CCNC(=NCC(=O)Nc1ccc(O)cc1)NC1CCN(c2ccc(C)cc2)C1. The molecule has 4 N–H and O–H groups in total. The van der Waals surface area contributed by atoms with Crippen LogP contribution in [-0.2, 0) is 4.79 Å². The fourth-order valence-electron chi connectivity index (χ4n) is 3.28. The Morgan fingerprint density at radius 2 is 1.90 bits per heavy atom. The highest BCUT2D eigenvalue weighted by atomic mass is 16.3. The molecule has 1 atom stereocenters. The quantitative estimate of drug-likeness (QED) is 0.343. The first kappa shape index (κ1) is 20.5. The number of hydrogen-bond acceptors (Lipinski definition) is 4. The molecular weight excluding hydrogens is 366 g/mol. The number of phenolic OH excluding ortho intramolecular Hbond substituents is 1. The van der Waals surface area contributed by atoms with Crippen molar-refractivity contribution in [3.05, 3.63) is 54.1 Å². The van der Waals surface area contributed by atoms with Gasteiger partial charge in [0.25, 0.3) is 0 Å². The van der Waals surface area contributed by atoms with Gasteiger partial charge in [-0.2, -0.15) is 0 Å². The Labute approximate surface area is 171 Å². The predicted molar refractivity (Wildman–Crippen MR) is 118 cm³/mol. The van der Waals surface area contributed by atoms with E-state index < -0.39 is 0 Å². The Morgan fingerprint density at radius 3 is 2.59 bits per heavy atom. The number of carbonyl (C=O) groups excluding carboxylic acids is 1. The molecule has 7 heteroatoms. The topological polar surface area (TPSA) is 89.0 Å². The minimum Gasteiger partial charge on any atom is -0.508 e. The van der Waals surface area contributed by atoms with Crippen LogP contribution in [0, 0.1) is 6.92 Å². The molecule has 3 rings (SSSR count). The minimum atomic E-state index is -0.208. The molecular formula is C22H29N5O2. The standard InChI is InChI=1S/C22H29N5O2/c1-3-23-22(24-14-21(29)25-17-6-10-20(28)11-7-17)26-18-12-13-27(15-18)19-8-4-16(2)5-9-19/h4-11,18,28H,3,12-15H2,1-2H3,(H,25,29)(H2,23,24,26). The highest BCUT2D eigenvalue weighted by molar-refractivity contribution is 5.94. The summed E-state index contributed by atoms with van der Waals surface area (Å²) >= 11 is 0. The molecule has 0 bridgehead atoms. The molecule has 2 aromatic rings. The molecule has 1 aliphatic rings. The zero-order valence-electron chi connectivity index (χ0n) is 17.0. The normalized spacial score (nSPS) is 16.6. The fourth-order valence-corrected chi connectivity index (χ4v) is 3.28. The summed E-state index contributed by atoms with van der Waals surface area (Å²) in [5.74, 6) is 0.598. The summed E-state index contributed by atoms with van der Waals surface area (Å²) in [4.78, 5) is 18.9. The van der Waals surface area contributed by atoms with Crippen molar-refractivity contribution in [3.63, 3.8) is 0 Å². The zero-order valence-corrected chi connectivity index (χ0v) is 17.0. The lowest BCUT2D eigenvalue weighted by Crippen LogP contribution is -2.45. The lowest BCUT2D eigenvalue weighted by molar-refractivity contribution is -0.114. The third-order valence-electron chi connectivity index (χ3n) is 4.80. The number of nitrogens with one attached hydrogen (secondary N) is 3. The summed E-state index contributed by atoms with van der Waals surface area (Å²) < 4.78 is 0. The summed E-state index contributed by atoms with van der Waals surface area (Å²) in [6.45, 7) is 6.72. The summed E-state index contributed by atoms with van der Waals surface area (Å²) in [5.41, 5.74) is 3.12. The summed E-state index contributed by atoms with van der Waals surface area (Å²) in [6, 6.07) is 15.2. The molecule has 0 spiro atoms. The maximum absolute atomic E-state index is 12.2. The van der Waals surface area contributed by atoms with Crippen LogP contribution in [0.15, 0.2) is 53.5 Å². The Balaban J connectivity index is 1.53. The average Bonchev–Trinajstić information content (AvgIpc) is 3.17. The maximum Gasteiger partial charge on any atom is 0.246 e. The number of aliphatic imine (C=N–C) groups is 1. The van der Waals surface area contributed by atoms with Crippen molar-refractivity contribution in [1.29, 1.82) is 0 Å². The van der Waals surface area contributed by atoms with Crippen LogP contribution in [0.25, 0.3) is 0 Å². The predicted octanol–water partition coefficient (Wildman–Crippen LogP) is 2.47. The second kappa shape index (κ2) is 9.82. The molecule has 1 amide bonds. The number of nitrogens with zero attached hydrogens (tertiary/aromatic N) is 2. The van der Waals surface area contributed by atoms with Gasteiger partial charge in [-0.15, -0.1) is 0 Å². The first-order chi connectivity index (χ1) is 14.0. The number of benzene rings is 2. The smallest absolute Gasteiger partial charge is 0.246 e. The number of guanidine groups is 1. The van der Waals surface area contributed by atoms with Crippen LogP contribution < -0.4 is 20.9 Å². The lowest BCUT2D eigenvalue weighted by Gasteiger charge is -2.20. The molecule has 0 saturated carbocycles. The Bertz CT molecular complexity index is 833. The van der Waals surface area contributed by atoms with Gasteiger partial charge in [0, 0.05) is 37.1 Å². The second-order valence-corrected chi connectivity index (χ2v) is 7.20. The van der Waals surface area contributed by atoms with E-state index in [0.29, 0.717) is 11.6 Å². The Kier molecular flexibility index (Phi) is 6.94. The van der Waals surface area contributed by atoms with E-state index in [-0.39, 0.29) is 24.2 Å². The molecule has 1 unspecified atom stereocenters. The first-order valence-corrected chi connectivity index (χ1v) is 9.99. The zero-order chi connectivity index (χ0) is 20.6. The van der Waals surface area contributed by atoms with Crippen molar-refractivity contribution < 1.29 is 9.90 Å². The molecule has 7 nitrogen and oxygen atoms in total. The minimum absolute atomic E-state index is 0.0185. The van der Waals surface area contributed by atoms with Gasteiger partial charge in [0.2, 0.25) is 5.91 Å². The highest BCUT2D eigenvalue weighted by Gasteiger charge is 2.23. The Morgan fingerprint density at radius 1 is 1.17 bits per heavy atom. The van der Waals surface area contributed by atoms with Crippen molar-refractivity contribution in [2.24, 2.45) is 4.99 Å². The average molecular weight is 396 g/mol. The van der Waals surface area contributed by atoms with Gasteiger partial charge in [-0.3, -0.25) is 4.79 Å². The maximum atomic E-state index is 12.2. The second-order valence-electron chi connectivity index (χ2n) is 7.20. The van der Waals surface area contributed by atoms with E-state index in [1.54, 1.807) is 12.1 Å². The van der Waals surface area contributed by atoms with Gasteiger partial charge >= 0.3 is 0 Å². The van der Waals surface area contributed by atoms with Crippen LogP contribution in [0.2, 0.25) is 0 Å². The van der Waals surface area contributed by atoms with Crippen molar-refractivity contribution in [2.75, 3.05) is 36.4 Å². The van der Waals surface area contributed by atoms with Gasteiger partial charge in [0.05, 0.1) is 0 Å². The van der Waals surface area contributed by atoms with Crippen LogP contribution in [0.3, 0.4) is 0 Å². The summed E-state index contributed by atoms with van der Waals surface area (Å²) in [7, 11) is 0. The van der Waals surface area contributed by atoms with E-state index in [4.69, 9.17) is 0 Å². The van der Waals surface area contributed by atoms with E-state index in [1.807, 2.05) is 6.92 Å². The molecule has 1 fully saturated rings. The summed E-state index contributed by atoms with van der Waals surface area (Å²) in [6.07, 6.45) is 1.01. The molecule has 1 heterocycles. The van der Waals surface area contributed by atoms with Gasteiger partial charge in [0.15, 0.2) is 5.96 Å². The van der Waals surface area contributed by atoms with Crippen molar-refractivity contribution in [3.8, 4) is 5.75 Å². The van der Waals surface area contributed by atoms with Crippen LogP contribution in [-0.4, -0.2) is 49.2 Å². The van der Waals surface area contributed by atoms with E-state index in [0.717, 1.165) is 26.1 Å². The molecule has 29 heavy (non-hydrogen) atoms. The van der Waals surface area contributed by atoms with Gasteiger partial charge in [-0.25, -0.2) is 4.99 Å². The van der Waals surface area contributed by atoms with E-state index in [1.165, 1.54) is 23.4 Å². The number of hydrogen-bond donors (Lipinski definition) is 4. The fraction of sp³-hybridized carbons (Fsp3) is 0.364. The molecule has 2 aromatic carbocycles. The highest BCUT2D eigenvalue weighted by Crippen LogP contribution is 2.20. The lowest BCUT2D eigenvalue weighted by atomic mass is 10.2. The number of aryl methyl sites for hydroxylation is 1. The number of phenols is 1. The summed E-state index contributed by atoms with van der Waals surface area (Å²) in [5, 5.41) is 18.7.